The molecule has 2 aliphatic rings. The zero-order chi connectivity index (χ0) is 17.0. The number of carbonyl (C=O) groups is 1. The fourth-order valence-corrected chi connectivity index (χ4v) is 4.04. The van der Waals surface area contributed by atoms with Crippen LogP contribution in [0.25, 0.3) is 0 Å². The van der Waals surface area contributed by atoms with Crippen LogP contribution in [0.15, 0.2) is 11.6 Å². The Morgan fingerprint density at radius 2 is 1.91 bits per heavy atom. The third kappa shape index (κ3) is 2.32. The second-order valence-corrected chi connectivity index (χ2v) is 7.08. The standard InChI is InChI=1S/C16H19F3O3/c1-13(2)11-4-6-14(3,9-11)15(13,22)7-5-10(8-12(20)21)16(17,18)19/h8,11,22H,4,6,9H2,1-3H3,(H,20,21)/b10-8+. The predicted molar refractivity (Wildman–Crippen MR) is 73.7 cm³/mol. The average Bonchev–Trinajstić information content (AvgIpc) is 2.81. The molecular formula is C16H19F3O3. The van der Waals surface area contributed by atoms with Crippen molar-refractivity contribution in [2.45, 2.75) is 51.8 Å². The van der Waals surface area contributed by atoms with Gasteiger partial charge in [0.05, 0.1) is 0 Å². The first-order valence-corrected chi connectivity index (χ1v) is 7.11. The van der Waals surface area contributed by atoms with E-state index < -0.39 is 34.1 Å². The van der Waals surface area contributed by atoms with Gasteiger partial charge in [-0.25, -0.2) is 4.79 Å². The van der Waals surface area contributed by atoms with Crippen LogP contribution in [-0.4, -0.2) is 28.0 Å². The van der Waals surface area contributed by atoms with Crippen LogP contribution in [0.4, 0.5) is 13.2 Å². The largest absolute Gasteiger partial charge is 0.478 e. The highest BCUT2D eigenvalue weighted by Gasteiger charge is 2.68. The predicted octanol–water partition coefficient (Wildman–Crippen LogP) is 3.14. The summed E-state index contributed by atoms with van der Waals surface area (Å²) in [6.07, 6.45) is -2.47. The third-order valence-corrected chi connectivity index (χ3v) is 5.52. The molecule has 0 aromatic heterocycles. The molecule has 0 aromatic rings. The number of allylic oxidation sites excluding steroid dienone is 1. The van der Waals surface area contributed by atoms with Gasteiger partial charge in [0.25, 0.3) is 0 Å². The lowest BCUT2D eigenvalue weighted by Gasteiger charge is -2.47. The van der Waals surface area contributed by atoms with Crippen LogP contribution in [0, 0.1) is 28.6 Å². The van der Waals surface area contributed by atoms with Crippen molar-refractivity contribution in [1.82, 2.24) is 0 Å². The van der Waals surface area contributed by atoms with Crippen molar-refractivity contribution in [2.24, 2.45) is 16.7 Å². The van der Waals surface area contributed by atoms with Crippen LogP contribution in [-0.2, 0) is 4.79 Å². The molecule has 3 nitrogen and oxygen atoms in total. The lowest BCUT2D eigenvalue weighted by molar-refractivity contribution is -0.132. The molecule has 0 saturated heterocycles. The summed E-state index contributed by atoms with van der Waals surface area (Å²) in [4.78, 5) is 10.5. The Balaban J connectivity index is 2.47. The van der Waals surface area contributed by atoms with Crippen LogP contribution < -0.4 is 0 Å². The summed E-state index contributed by atoms with van der Waals surface area (Å²) in [5.74, 6) is 2.77. The molecule has 3 unspecified atom stereocenters. The number of hydrogen-bond donors (Lipinski definition) is 2. The number of halogens is 3. The molecule has 0 aliphatic heterocycles. The van der Waals surface area contributed by atoms with Crippen molar-refractivity contribution in [2.75, 3.05) is 0 Å². The molecule has 0 amide bonds. The van der Waals surface area contributed by atoms with E-state index >= 15 is 0 Å². The van der Waals surface area contributed by atoms with E-state index in [1.165, 1.54) is 0 Å². The molecule has 2 N–H and O–H groups in total. The Labute approximate surface area is 127 Å². The number of aliphatic hydroxyl groups is 1. The summed E-state index contributed by atoms with van der Waals surface area (Å²) in [7, 11) is 0. The van der Waals surface area contributed by atoms with Gasteiger partial charge in [0.2, 0.25) is 0 Å². The van der Waals surface area contributed by atoms with Gasteiger partial charge < -0.3 is 10.2 Å². The van der Waals surface area contributed by atoms with Gasteiger partial charge in [0.1, 0.15) is 11.2 Å². The van der Waals surface area contributed by atoms with E-state index in [1.54, 1.807) is 0 Å². The Morgan fingerprint density at radius 3 is 2.32 bits per heavy atom. The van der Waals surface area contributed by atoms with Crippen LogP contribution in [0.2, 0.25) is 0 Å². The van der Waals surface area contributed by atoms with Crippen LogP contribution in [0.5, 0.6) is 0 Å². The molecule has 0 spiro atoms. The van der Waals surface area contributed by atoms with Gasteiger partial charge in [-0.3, -0.25) is 0 Å². The Bertz CT molecular complexity index is 587. The minimum Gasteiger partial charge on any atom is -0.478 e. The highest BCUT2D eigenvalue weighted by Crippen LogP contribution is 2.67. The number of aliphatic carboxylic acids is 1. The van der Waals surface area contributed by atoms with Crippen LogP contribution in [0.1, 0.15) is 40.0 Å². The highest BCUT2D eigenvalue weighted by molar-refractivity contribution is 5.82. The normalized spacial score (nSPS) is 36.9. The smallest absolute Gasteiger partial charge is 0.424 e. The molecule has 2 fully saturated rings. The number of fused-ring (bicyclic) bond motifs is 2. The minimum absolute atomic E-state index is 0.0406. The molecule has 6 heteroatoms. The molecule has 2 aliphatic carbocycles. The topological polar surface area (TPSA) is 57.5 Å². The van der Waals surface area contributed by atoms with Crippen molar-refractivity contribution >= 4 is 5.97 Å². The molecular weight excluding hydrogens is 297 g/mol. The van der Waals surface area contributed by atoms with Gasteiger partial charge in [0, 0.05) is 16.9 Å². The van der Waals surface area contributed by atoms with Crippen molar-refractivity contribution in [1.29, 1.82) is 0 Å². The maximum Gasteiger partial charge on any atom is 0.424 e. The number of alkyl halides is 3. The Hall–Kier alpha value is -1.48. The Kier molecular flexibility index (Phi) is 3.65. The van der Waals surface area contributed by atoms with Gasteiger partial charge in [-0.05, 0) is 25.2 Å². The Morgan fingerprint density at radius 1 is 1.32 bits per heavy atom. The van der Waals surface area contributed by atoms with Crippen LogP contribution in [0.3, 0.4) is 0 Å². The summed E-state index contributed by atoms with van der Waals surface area (Å²) in [6, 6.07) is 0. The molecule has 2 rings (SSSR count). The molecule has 122 valence electrons. The van der Waals surface area contributed by atoms with E-state index in [2.05, 4.69) is 5.92 Å². The maximum atomic E-state index is 12.8. The van der Waals surface area contributed by atoms with E-state index in [4.69, 9.17) is 5.11 Å². The fourth-order valence-electron chi connectivity index (χ4n) is 4.04. The number of hydrogen-bond acceptors (Lipinski definition) is 2. The summed E-state index contributed by atoms with van der Waals surface area (Å²) in [5, 5.41) is 19.6. The molecule has 0 radical (unpaired) electrons. The van der Waals surface area contributed by atoms with Gasteiger partial charge in [-0.15, -0.1) is 0 Å². The quantitative estimate of drug-likeness (QED) is 0.577. The minimum atomic E-state index is -4.86. The van der Waals surface area contributed by atoms with E-state index in [0.29, 0.717) is 6.42 Å². The van der Waals surface area contributed by atoms with Crippen molar-refractivity contribution in [3.63, 3.8) is 0 Å². The summed E-state index contributed by atoms with van der Waals surface area (Å²) in [6.45, 7) is 5.46. The number of carboxylic acid groups (broad SMARTS) is 1. The molecule has 3 atom stereocenters. The van der Waals surface area contributed by atoms with Gasteiger partial charge in [-0.2, -0.15) is 13.2 Å². The first-order valence-electron chi connectivity index (χ1n) is 7.11. The van der Waals surface area contributed by atoms with Crippen molar-refractivity contribution in [3.8, 4) is 11.8 Å². The van der Waals surface area contributed by atoms with Crippen LogP contribution >= 0.6 is 0 Å². The maximum absolute atomic E-state index is 12.8. The van der Waals surface area contributed by atoms with E-state index in [0.717, 1.165) is 12.8 Å². The zero-order valence-corrected chi connectivity index (χ0v) is 12.7. The number of rotatable bonds is 1. The summed E-state index contributed by atoms with van der Waals surface area (Å²) in [5.41, 5.74) is -4.21. The summed E-state index contributed by atoms with van der Waals surface area (Å²) >= 11 is 0. The SMILES string of the molecule is CC12CCC(C1)C(C)(C)C2(O)C#C/C(=C\C(=O)O)C(F)(F)F. The van der Waals surface area contributed by atoms with Gasteiger partial charge in [-0.1, -0.05) is 32.6 Å². The van der Waals surface area contributed by atoms with Gasteiger partial charge in [0.15, 0.2) is 0 Å². The van der Waals surface area contributed by atoms with E-state index in [9.17, 15) is 23.1 Å². The van der Waals surface area contributed by atoms with E-state index in [1.807, 2.05) is 26.7 Å². The van der Waals surface area contributed by atoms with Crippen molar-refractivity contribution < 1.29 is 28.2 Å². The zero-order valence-electron chi connectivity index (χ0n) is 12.7. The fraction of sp³-hybridized carbons (Fsp3) is 0.688. The second-order valence-electron chi connectivity index (χ2n) is 7.08. The molecule has 22 heavy (non-hydrogen) atoms. The van der Waals surface area contributed by atoms with Crippen molar-refractivity contribution in [3.05, 3.63) is 11.6 Å². The van der Waals surface area contributed by atoms with Gasteiger partial charge >= 0.3 is 12.1 Å². The lowest BCUT2D eigenvalue weighted by atomic mass is 9.60. The first kappa shape index (κ1) is 16.9. The molecule has 0 aromatic carbocycles. The number of carboxylic acids is 1. The van der Waals surface area contributed by atoms with E-state index in [-0.39, 0.29) is 12.0 Å². The monoisotopic (exact) mass is 316 g/mol. The second kappa shape index (κ2) is 4.76. The highest BCUT2D eigenvalue weighted by atomic mass is 19.4. The third-order valence-electron chi connectivity index (χ3n) is 5.52. The first-order chi connectivity index (χ1) is 9.83. The average molecular weight is 316 g/mol. The summed E-state index contributed by atoms with van der Waals surface area (Å²) < 4.78 is 38.5. The molecule has 0 heterocycles. The molecule has 2 saturated carbocycles. The molecule has 2 bridgehead atoms. The lowest BCUT2D eigenvalue weighted by Crippen LogP contribution is -2.53.